The number of aryl methyl sites for hydroxylation is 1. The largest absolute Gasteiger partial charge is 0.496 e. The van der Waals surface area contributed by atoms with E-state index in [1.54, 1.807) is 26.3 Å². The predicted octanol–water partition coefficient (Wildman–Crippen LogP) is 6.96. The number of para-hydroxylation sites is 1. The molecule has 174 valence electrons. The molecule has 2 aromatic rings. The molecule has 32 heavy (non-hydrogen) atoms. The number of halogens is 2. The lowest BCUT2D eigenvalue weighted by atomic mass is 10.1. The summed E-state index contributed by atoms with van der Waals surface area (Å²) in [4.78, 5) is 6.62. The number of aliphatic imine (C=N–C) groups is 2. The van der Waals surface area contributed by atoms with E-state index in [0.29, 0.717) is 5.56 Å². The van der Waals surface area contributed by atoms with E-state index in [0.717, 1.165) is 12.2 Å². The third-order valence-electron chi connectivity index (χ3n) is 4.28. The first kappa shape index (κ1) is 28.7. The summed E-state index contributed by atoms with van der Waals surface area (Å²) in [5.74, 6) is 0.497. The van der Waals surface area contributed by atoms with Crippen molar-refractivity contribution in [1.82, 2.24) is 0 Å². The average molecular weight is 445 g/mol. The van der Waals surface area contributed by atoms with Gasteiger partial charge in [-0.3, -0.25) is 4.99 Å². The van der Waals surface area contributed by atoms with Crippen LogP contribution in [0.4, 0.5) is 8.78 Å². The summed E-state index contributed by atoms with van der Waals surface area (Å²) in [5.41, 5.74) is 4.25. The first-order valence-electron chi connectivity index (χ1n) is 10.1. The van der Waals surface area contributed by atoms with E-state index < -0.39 is 12.3 Å². The highest BCUT2D eigenvalue weighted by molar-refractivity contribution is 5.84. The molecule has 0 aliphatic rings. The number of benzene rings is 2. The van der Waals surface area contributed by atoms with Gasteiger partial charge in [0.2, 0.25) is 0 Å². The molecule has 0 amide bonds. The van der Waals surface area contributed by atoms with Gasteiger partial charge in [-0.05, 0) is 44.2 Å². The second-order valence-electron chi connectivity index (χ2n) is 6.43. The van der Waals surface area contributed by atoms with Crippen molar-refractivity contribution < 1.29 is 18.3 Å². The second kappa shape index (κ2) is 16.4. The van der Waals surface area contributed by atoms with Crippen LogP contribution in [0.15, 0.2) is 71.2 Å². The molecule has 0 spiro atoms. The highest BCUT2D eigenvalue weighted by Crippen LogP contribution is 2.24. The Morgan fingerprint density at radius 1 is 1.09 bits per heavy atom. The van der Waals surface area contributed by atoms with E-state index in [-0.39, 0.29) is 5.76 Å². The Morgan fingerprint density at radius 2 is 1.66 bits per heavy atom. The van der Waals surface area contributed by atoms with Crippen LogP contribution in [-0.2, 0) is 11.2 Å². The van der Waals surface area contributed by atoms with E-state index >= 15 is 0 Å². The normalized spacial score (nSPS) is 10.9. The van der Waals surface area contributed by atoms with E-state index in [2.05, 4.69) is 42.3 Å². The number of methoxy groups -OCH3 is 1. The summed E-state index contributed by atoms with van der Waals surface area (Å²) in [5, 5.41) is 0. The van der Waals surface area contributed by atoms with Gasteiger partial charge in [0.25, 0.3) is 5.90 Å². The van der Waals surface area contributed by atoms with Gasteiger partial charge in [0.15, 0.2) is 0 Å². The van der Waals surface area contributed by atoms with Crippen molar-refractivity contribution in [1.29, 1.82) is 0 Å². The van der Waals surface area contributed by atoms with E-state index in [1.165, 1.54) is 23.7 Å². The molecule has 0 bridgehead atoms. The zero-order chi connectivity index (χ0) is 24.5. The highest BCUT2D eigenvalue weighted by Gasteiger charge is 2.15. The molecule has 0 radical (unpaired) electrons. The third kappa shape index (κ3) is 10.2. The Hall–Kier alpha value is -3.28. The van der Waals surface area contributed by atoms with Gasteiger partial charge >= 0.3 is 6.43 Å². The van der Waals surface area contributed by atoms with Crippen LogP contribution in [0.25, 0.3) is 11.3 Å². The molecular formula is C26H34F2N2O2. The molecule has 0 aliphatic heterocycles. The lowest BCUT2D eigenvalue weighted by Gasteiger charge is -2.10. The maximum Gasteiger partial charge on any atom is 0.312 e. The number of hydrogen-bond donors (Lipinski definition) is 0. The summed E-state index contributed by atoms with van der Waals surface area (Å²) in [6.07, 6.45) is 0.274. The molecule has 0 N–H and O–H groups in total. The summed E-state index contributed by atoms with van der Waals surface area (Å²) >= 11 is 0. The third-order valence-corrected chi connectivity index (χ3v) is 4.28. The van der Waals surface area contributed by atoms with Crippen LogP contribution in [0.1, 0.15) is 37.5 Å². The Labute approximate surface area is 191 Å². The van der Waals surface area contributed by atoms with Gasteiger partial charge < -0.3 is 14.5 Å². The van der Waals surface area contributed by atoms with Crippen LogP contribution in [0, 0.1) is 0 Å². The molecule has 2 aromatic carbocycles. The number of ether oxygens (including phenoxy) is 2. The fourth-order valence-corrected chi connectivity index (χ4v) is 2.43. The molecule has 4 nitrogen and oxygen atoms in total. The first-order valence-corrected chi connectivity index (χ1v) is 10.1. The van der Waals surface area contributed by atoms with Crippen molar-refractivity contribution in [3.8, 4) is 5.75 Å². The van der Waals surface area contributed by atoms with Gasteiger partial charge in [-0.25, -0.2) is 0 Å². The minimum atomic E-state index is -2.73. The molecule has 6 heteroatoms. The van der Waals surface area contributed by atoms with Gasteiger partial charge in [-0.2, -0.15) is 8.78 Å². The molecule has 0 heterocycles. The van der Waals surface area contributed by atoms with Crippen LogP contribution in [0.2, 0.25) is 0 Å². The maximum absolute atomic E-state index is 12.4. The topological polar surface area (TPSA) is 43.2 Å². The zero-order valence-electron chi connectivity index (χ0n) is 19.9. The van der Waals surface area contributed by atoms with Crippen molar-refractivity contribution in [3.63, 3.8) is 0 Å². The fourth-order valence-electron chi connectivity index (χ4n) is 2.43. The summed E-state index contributed by atoms with van der Waals surface area (Å²) in [7, 11) is 4.59. The fraction of sp³-hybridized carbons (Fsp3) is 0.308. The molecule has 0 atom stereocenters. The van der Waals surface area contributed by atoms with Crippen molar-refractivity contribution in [2.75, 3.05) is 21.2 Å². The quantitative estimate of drug-likeness (QED) is 0.274. The van der Waals surface area contributed by atoms with Crippen LogP contribution in [-0.4, -0.2) is 40.2 Å². The van der Waals surface area contributed by atoms with Gasteiger partial charge in [-0.1, -0.05) is 62.0 Å². The molecule has 0 saturated heterocycles. The Bertz CT molecular complexity index is 889. The predicted molar refractivity (Wildman–Crippen MR) is 133 cm³/mol. The summed E-state index contributed by atoms with van der Waals surface area (Å²) in [6, 6.07) is 15.4. The van der Waals surface area contributed by atoms with Crippen LogP contribution in [0.5, 0.6) is 5.75 Å². The van der Waals surface area contributed by atoms with Crippen molar-refractivity contribution in [2.45, 2.75) is 33.6 Å². The van der Waals surface area contributed by atoms with Gasteiger partial charge in [0.05, 0.1) is 7.11 Å². The monoisotopic (exact) mass is 444 g/mol. The van der Waals surface area contributed by atoms with Gasteiger partial charge in [0.1, 0.15) is 11.5 Å². The van der Waals surface area contributed by atoms with Gasteiger partial charge in [-0.15, -0.1) is 0 Å². The van der Waals surface area contributed by atoms with Crippen LogP contribution < -0.4 is 4.74 Å². The summed E-state index contributed by atoms with van der Waals surface area (Å²) < 4.78 is 34.9. The molecule has 0 unspecified atom stereocenters. The van der Waals surface area contributed by atoms with Crippen molar-refractivity contribution in [2.24, 2.45) is 9.98 Å². The number of hydrogen-bond acceptors (Lipinski definition) is 4. The van der Waals surface area contributed by atoms with Crippen LogP contribution >= 0.6 is 0 Å². The number of allylic oxidation sites excluding steroid dienone is 2. The number of alkyl halides is 2. The molecule has 2 rings (SSSR count). The van der Waals surface area contributed by atoms with E-state index in [4.69, 9.17) is 9.47 Å². The minimum absolute atomic E-state index is 0.175. The molecule has 0 aliphatic carbocycles. The summed E-state index contributed by atoms with van der Waals surface area (Å²) in [6.45, 7) is 12.9. The Morgan fingerprint density at radius 3 is 2.09 bits per heavy atom. The Balaban J connectivity index is 0.000000559. The maximum atomic E-state index is 12.4. The Kier molecular flexibility index (Phi) is 14.7. The zero-order valence-corrected chi connectivity index (χ0v) is 19.9. The second-order valence-corrected chi connectivity index (χ2v) is 6.43. The molecular weight excluding hydrogens is 410 g/mol. The molecule has 0 aromatic heterocycles. The average Bonchev–Trinajstić information content (AvgIpc) is 2.82. The lowest BCUT2D eigenvalue weighted by molar-refractivity contribution is 0.196. The first-order chi connectivity index (χ1) is 15.3. The molecule has 0 fully saturated rings. The standard InChI is InChI=1S/C13H15F2NO.C11H14O.C2H5N/c1-4-10-5-7-11(8-6-10)9(2)17-13(16-3)12(14)15;1-4-9(2)10-7-5-6-8-11(10)12-3;1-3-2/h5-8,12H,2,4H2,1,3H3;4-8H,1-3H3;1H2,2H3/b;9-4+;. The van der Waals surface area contributed by atoms with E-state index in [9.17, 15) is 8.78 Å². The lowest BCUT2D eigenvalue weighted by Crippen LogP contribution is -2.13. The van der Waals surface area contributed by atoms with Crippen LogP contribution in [0.3, 0.4) is 0 Å². The smallest absolute Gasteiger partial charge is 0.312 e. The van der Waals surface area contributed by atoms with Gasteiger partial charge in [0, 0.05) is 25.2 Å². The number of rotatable bonds is 6. The van der Waals surface area contributed by atoms with E-state index in [1.807, 2.05) is 44.2 Å². The minimum Gasteiger partial charge on any atom is -0.496 e. The SMILES string of the molecule is C/C=C(\C)c1ccccc1OC.C=C(OC(=NC)C(F)F)c1ccc(CC)cc1.C=NC. The molecule has 0 saturated carbocycles. The van der Waals surface area contributed by atoms with Crippen molar-refractivity contribution >= 4 is 23.9 Å². The number of nitrogens with zero attached hydrogens (tertiary/aromatic N) is 2. The highest BCUT2D eigenvalue weighted by atomic mass is 19.3. The van der Waals surface area contributed by atoms with Crippen molar-refractivity contribution in [3.05, 3.63) is 77.9 Å².